The topological polar surface area (TPSA) is 77.6 Å². The van der Waals surface area contributed by atoms with Crippen molar-refractivity contribution in [2.75, 3.05) is 12.4 Å². The molecular formula is C22H19FN4O3. The number of hydrogen-bond acceptors (Lipinski definition) is 4. The van der Waals surface area contributed by atoms with Crippen LogP contribution in [-0.4, -0.2) is 33.0 Å². The molecule has 4 aromatic rings. The molecule has 0 spiro atoms. The Morgan fingerprint density at radius 1 is 1.20 bits per heavy atom. The van der Waals surface area contributed by atoms with Crippen molar-refractivity contribution in [1.82, 2.24) is 14.2 Å². The maximum absolute atomic E-state index is 15.1. The standard InChI is InChI=1S/C22H19FN4O3/c1-13(28)17-12-27-8-7-15(30-3)9-19(27)20(17)22(29)25-18-6-4-5-16(21(18)23)14-10-24-26(2)11-14/h4-12H,1-3H3,(H,25,29). The third-order valence-electron chi connectivity index (χ3n) is 4.86. The van der Waals surface area contributed by atoms with Crippen molar-refractivity contribution >= 4 is 22.9 Å². The van der Waals surface area contributed by atoms with E-state index in [9.17, 15) is 9.59 Å². The summed E-state index contributed by atoms with van der Waals surface area (Å²) < 4.78 is 23.6. The molecule has 4 rings (SSSR count). The van der Waals surface area contributed by atoms with Crippen LogP contribution in [0.5, 0.6) is 5.75 Å². The molecular weight excluding hydrogens is 387 g/mol. The molecule has 0 aliphatic carbocycles. The summed E-state index contributed by atoms with van der Waals surface area (Å²) in [6.45, 7) is 1.38. The summed E-state index contributed by atoms with van der Waals surface area (Å²) in [5.41, 5.74) is 1.81. The number of nitrogens with zero attached hydrogens (tertiary/aromatic N) is 3. The Balaban J connectivity index is 1.77. The fourth-order valence-electron chi connectivity index (χ4n) is 3.38. The number of carbonyl (C=O) groups excluding carboxylic acids is 2. The highest BCUT2D eigenvalue weighted by Gasteiger charge is 2.23. The third-order valence-corrected chi connectivity index (χ3v) is 4.86. The van der Waals surface area contributed by atoms with E-state index in [4.69, 9.17) is 4.74 Å². The molecule has 0 saturated heterocycles. The zero-order chi connectivity index (χ0) is 21.4. The molecule has 0 bridgehead atoms. The predicted octanol–water partition coefficient (Wildman–Crippen LogP) is 3.94. The maximum atomic E-state index is 15.1. The van der Waals surface area contributed by atoms with Gasteiger partial charge in [0.1, 0.15) is 5.75 Å². The van der Waals surface area contributed by atoms with Crippen molar-refractivity contribution in [1.29, 1.82) is 0 Å². The van der Waals surface area contributed by atoms with Gasteiger partial charge in [-0.1, -0.05) is 12.1 Å². The molecule has 0 atom stereocenters. The molecule has 1 amide bonds. The van der Waals surface area contributed by atoms with E-state index >= 15 is 4.39 Å². The SMILES string of the molecule is COc1ccn2cc(C(C)=O)c(C(=O)Nc3cccc(-c4cnn(C)c4)c3F)c2c1. The van der Waals surface area contributed by atoms with Gasteiger partial charge in [0.15, 0.2) is 11.6 Å². The Hall–Kier alpha value is -3.94. The molecule has 30 heavy (non-hydrogen) atoms. The van der Waals surface area contributed by atoms with Crippen LogP contribution in [-0.2, 0) is 7.05 Å². The number of fused-ring (bicyclic) bond motifs is 1. The molecule has 0 aliphatic heterocycles. The molecule has 152 valence electrons. The van der Waals surface area contributed by atoms with Gasteiger partial charge in [-0.25, -0.2) is 4.39 Å². The van der Waals surface area contributed by atoms with E-state index in [1.807, 2.05) is 0 Å². The largest absolute Gasteiger partial charge is 0.497 e. The molecule has 0 unspecified atom stereocenters. The van der Waals surface area contributed by atoms with Crippen molar-refractivity contribution in [2.24, 2.45) is 7.05 Å². The highest BCUT2D eigenvalue weighted by molar-refractivity contribution is 6.16. The van der Waals surface area contributed by atoms with Gasteiger partial charge in [-0.3, -0.25) is 14.3 Å². The molecule has 1 aromatic carbocycles. The van der Waals surface area contributed by atoms with Gasteiger partial charge in [0, 0.05) is 48.4 Å². The lowest BCUT2D eigenvalue weighted by Gasteiger charge is -2.10. The zero-order valence-corrected chi connectivity index (χ0v) is 16.6. The van der Waals surface area contributed by atoms with E-state index in [-0.39, 0.29) is 22.6 Å². The minimum atomic E-state index is -0.585. The molecule has 0 radical (unpaired) electrons. The van der Waals surface area contributed by atoms with Gasteiger partial charge in [-0.15, -0.1) is 0 Å². The molecule has 7 nitrogen and oxygen atoms in total. The quantitative estimate of drug-likeness (QED) is 0.509. The van der Waals surface area contributed by atoms with Gasteiger partial charge in [-0.05, 0) is 19.1 Å². The summed E-state index contributed by atoms with van der Waals surface area (Å²) in [7, 11) is 3.25. The number of carbonyl (C=O) groups is 2. The number of hydrogen-bond donors (Lipinski definition) is 1. The van der Waals surface area contributed by atoms with Gasteiger partial charge in [0.2, 0.25) is 0 Å². The second-order valence-corrected chi connectivity index (χ2v) is 6.86. The van der Waals surface area contributed by atoms with E-state index in [1.54, 1.807) is 65.2 Å². The average molecular weight is 406 g/mol. The lowest BCUT2D eigenvalue weighted by molar-refractivity contribution is 0.0987. The number of amides is 1. The maximum Gasteiger partial charge on any atom is 0.258 e. The molecule has 3 heterocycles. The second kappa shape index (κ2) is 7.47. The van der Waals surface area contributed by atoms with E-state index in [0.29, 0.717) is 22.4 Å². The first-order valence-corrected chi connectivity index (χ1v) is 9.17. The van der Waals surface area contributed by atoms with Crippen molar-refractivity contribution in [2.45, 2.75) is 6.92 Å². The number of rotatable bonds is 5. The van der Waals surface area contributed by atoms with Crippen LogP contribution in [0.2, 0.25) is 0 Å². The Kier molecular flexibility index (Phi) is 4.83. The predicted molar refractivity (Wildman–Crippen MR) is 111 cm³/mol. The third kappa shape index (κ3) is 3.32. The molecule has 0 fully saturated rings. The van der Waals surface area contributed by atoms with Crippen molar-refractivity contribution in [3.8, 4) is 16.9 Å². The minimum absolute atomic E-state index is 0.0121. The fraction of sp³-hybridized carbons (Fsp3) is 0.136. The molecule has 0 aliphatic rings. The van der Waals surface area contributed by atoms with E-state index in [0.717, 1.165) is 0 Å². The van der Waals surface area contributed by atoms with Crippen LogP contribution in [0.15, 0.2) is 55.1 Å². The fourth-order valence-corrected chi connectivity index (χ4v) is 3.38. The van der Waals surface area contributed by atoms with Gasteiger partial charge < -0.3 is 14.5 Å². The van der Waals surface area contributed by atoms with E-state index in [2.05, 4.69) is 10.4 Å². The van der Waals surface area contributed by atoms with Crippen LogP contribution in [0.4, 0.5) is 10.1 Å². The Bertz CT molecular complexity index is 1290. The van der Waals surface area contributed by atoms with Crippen molar-refractivity contribution < 1.29 is 18.7 Å². The lowest BCUT2D eigenvalue weighted by Crippen LogP contribution is -2.15. The molecule has 8 heteroatoms. The lowest BCUT2D eigenvalue weighted by atomic mass is 10.1. The first-order valence-electron chi connectivity index (χ1n) is 9.17. The van der Waals surface area contributed by atoms with Crippen molar-refractivity contribution in [3.63, 3.8) is 0 Å². The van der Waals surface area contributed by atoms with Crippen LogP contribution >= 0.6 is 0 Å². The van der Waals surface area contributed by atoms with E-state index in [1.165, 1.54) is 20.1 Å². The number of halogens is 1. The summed E-state index contributed by atoms with van der Waals surface area (Å²) >= 11 is 0. The second-order valence-electron chi connectivity index (χ2n) is 6.86. The van der Waals surface area contributed by atoms with Gasteiger partial charge in [0.25, 0.3) is 5.91 Å². The summed E-state index contributed by atoms with van der Waals surface area (Å²) in [5, 5.41) is 6.66. The number of pyridine rings is 1. The Morgan fingerprint density at radius 2 is 2.00 bits per heavy atom. The van der Waals surface area contributed by atoms with Crippen LogP contribution < -0.4 is 10.1 Å². The summed E-state index contributed by atoms with van der Waals surface area (Å²) in [5.74, 6) is -0.899. The van der Waals surface area contributed by atoms with Gasteiger partial charge >= 0.3 is 0 Å². The number of aromatic nitrogens is 3. The zero-order valence-electron chi connectivity index (χ0n) is 16.6. The van der Waals surface area contributed by atoms with Gasteiger partial charge in [-0.2, -0.15) is 5.10 Å². The number of nitrogens with one attached hydrogen (secondary N) is 1. The number of anilines is 1. The monoisotopic (exact) mass is 406 g/mol. The smallest absolute Gasteiger partial charge is 0.258 e. The molecule has 1 N–H and O–H groups in total. The highest BCUT2D eigenvalue weighted by atomic mass is 19.1. The summed E-state index contributed by atoms with van der Waals surface area (Å²) in [4.78, 5) is 25.3. The van der Waals surface area contributed by atoms with Crippen LogP contribution in [0.3, 0.4) is 0 Å². The number of Topliss-reactive ketones (excluding diaryl/α,β-unsaturated/α-hetero) is 1. The summed E-state index contributed by atoms with van der Waals surface area (Å²) in [6.07, 6.45) is 6.51. The average Bonchev–Trinajstić information content (AvgIpc) is 3.32. The normalized spacial score (nSPS) is 10.9. The van der Waals surface area contributed by atoms with Crippen LogP contribution in [0.25, 0.3) is 16.6 Å². The number of benzene rings is 1. The first-order chi connectivity index (χ1) is 14.4. The van der Waals surface area contributed by atoms with Crippen LogP contribution in [0, 0.1) is 5.82 Å². The number of aryl methyl sites for hydroxylation is 1. The highest BCUT2D eigenvalue weighted by Crippen LogP contribution is 2.29. The van der Waals surface area contributed by atoms with Crippen molar-refractivity contribution in [3.05, 3.63) is 72.1 Å². The molecule has 0 saturated carbocycles. The summed E-state index contributed by atoms with van der Waals surface area (Å²) in [6, 6.07) is 8.11. The van der Waals surface area contributed by atoms with E-state index < -0.39 is 11.7 Å². The minimum Gasteiger partial charge on any atom is -0.497 e. The Labute approximate surface area is 171 Å². The number of methoxy groups -OCH3 is 1. The Morgan fingerprint density at radius 3 is 2.67 bits per heavy atom. The molecule has 3 aromatic heterocycles. The van der Waals surface area contributed by atoms with Crippen LogP contribution in [0.1, 0.15) is 27.6 Å². The number of ketones is 1. The number of ether oxygens (including phenoxy) is 1. The first kappa shape index (κ1) is 19.4. The van der Waals surface area contributed by atoms with Gasteiger partial charge in [0.05, 0.1) is 30.1 Å².